The molecular weight excluding hydrogens is 430 g/mol. The minimum atomic E-state index is -0.665. The number of likely N-dealkylation sites (tertiary alicyclic amines) is 1. The van der Waals surface area contributed by atoms with Gasteiger partial charge in [0.25, 0.3) is 11.7 Å². The van der Waals surface area contributed by atoms with E-state index in [-0.39, 0.29) is 23.3 Å². The lowest BCUT2D eigenvalue weighted by Gasteiger charge is -2.31. The van der Waals surface area contributed by atoms with Crippen molar-refractivity contribution >= 4 is 17.4 Å². The molecule has 1 unspecified atom stereocenters. The lowest BCUT2D eigenvalue weighted by Crippen LogP contribution is -2.37. The minimum Gasteiger partial charge on any atom is -0.507 e. The monoisotopic (exact) mass is 463 g/mol. The van der Waals surface area contributed by atoms with Crippen LogP contribution in [-0.4, -0.2) is 42.0 Å². The van der Waals surface area contributed by atoms with Gasteiger partial charge in [0.2, 0.25) is 0 Å². The summed E-state index contributed by atoms with van der Waals surface area (Å²) in [5.41, 5.74) is 3.13. The molecule has 4 rings (SSSR count). The highest BCUT2D eigenvalue weighted by molar-refractivity contribution is 6.46. The van der Waals surface area contributed by atoms with Crippen LogP contribution in [0.2, 0.25) is 0 Å². The first-order valence-corrected chi connectivity index (χ1v) is 11.9. The van der Waals surface area contributed by atoms with E-state index < -0.39 is 17.7 Å². The highest BCUT2D eigenvalue weighted by atomic mass is 16.5. The Kier molecular flexibility index (Phi) is 6.69. The van der Waals surface area contributed by atoms with Crippen LogP contribution in [0.25, 0.3) is 5.76 Å². The molecule has 0 aromatic heterocycles. The average molecular weight is 464 g/mol. The first kappa shape index (κ1) is 23.9. The fourth-order valence-electron chi connectivity index (χ4n) is 5.27. The second kappa shape index (κ2) is 9.53. The zero-order valence-corrected chi connectivity index (χ0v) is 20.6. The normalized spacial score (nSPS) is 20.4. The zero-order valence-electron chi connectivity index (χ0n) is 20.6. The lowest BCUT2D eigenvalue weighted by atomic mass is 9.90. The number of carbonyl (C=O) groups excluding carboxylic acids is 2. The summed E-state index contributed by atoms with van der Waals surface area (Å²) in [6.45, 7) is 5.97. The molecule has 2 aromatic carbocycles. The Balaban J connectivity index is 1.94. The Hall–Kier alpha value is -3.28. The fraction of sp³-hybridized carbons (Fsp3) is 0.429. The van der Waals surface area contributed by atoms with E-state index >= 15 is 0 Å². The Morgan fingerprint density at radius 1 is 1.06 bits per heavy atom. The third-order valence-corrected chi connectivity index (χ3v) is 7.06. The fourth-order valence-corrected chi connectivity index (χ4v) is 5.27. The Morgan fingerprint density at radius 3 is 2.38 bits per heavy atom. The molecule has 1 saturated carbocycles. The van der Waals surface area contributed by atoms with E-state index in [0.29, 0.717) is 11.3 Å². The number of aliphatic hydroxyl groups is 1. The molecule has 34 heavy (non-hydrogen) atoms. The highest BCUT2D eigenvalue weighted by Crippen LogP contribution is 2.45. The number of benzene rings is 2. The highest BCUT2D eigenvalue weighted by Gasteiger charge is 2.49. The molecule has 1 N–H and O–H groups in total. The predicted molar refractivity (Wildman–Crippen MR) is 131 cm³/mol. The van der Waals surface area contributed by atoms with Gasteiger partial charge in [-0.05, 0) is 66.6 Å². The quantitative estimate of drug-likeness (QED) is 0.348. The molecule has 0 spiro atoms. The van der Waals surface area contributed by atoms with Gasteiger partial charge in [-0.1, -0.05) is 38.8 Å². The van der Waals surface area contributed by atoms with E-state index in [1.54, 1.807) is 19.1 Å². The molecule has 1 amide bonds. The summed E-state index contributed by atoms with van der Waals surface area (Å²) < 4.78 is 11.0. The maximum absolute atomic E-state index is 13.4. The van der Waals surface area contributed by atoms with Gasteiger partial charge >= 0.3 is 0 Å². The average Bonchev–Trinajstić information content (AvgIpc) is 3.45. The van der Waals surface area contributed by atoms with Crippen LogP contribution in [0, 0.1) is 6.92 Å². The number of hydrogen-bond donors (Lipinski definition) is 1. The van der Waals surface area contributed by atoms with Gasteiger partial charge in [0.05, 0.1) is 25.8 Å². The molecule has 180 valence electrons. The number of carbonyl (C=O) groups is 2. The van der Waals surface area contributed by atoms with Gasteiger partial charge in [0, 0.05) is 11.6 Å². The molecule has 1 aliphatic heterocycles. The number of aryl methyl sites for hydroxylation is 1. The van der Waals surface area contributed by atoms with Crippen LogP contribution in [0.4, 0.5) is 0 Å². The first-order valence-electron chi connectivity index (χ1n) is 11.9. The number of amides is 1. The number of hydrogen-bond acceptors (Lipinski definition) is 5. The van der Waals surface area contributed by atoms with Crippen LogP contribution < -0.4 is 9.47 Å². The van der Waals surface area contributed by atoms with Crippen molar-refractivity contribution in [3.8, 4) is 11.5 Å². The topological polar surface area (TPSA) is 76.1 Å². The van der Waals surface area contributed by atoms with Crippen molar-refractivity contribution in [2.75, 3.05) is 14.2 Å². The largest absolute Gasteiger partial charge is 0.507 e. The van der Waals surface area contributed by atoms with Gasteiger partial charge in [-0.2, -0.15) is 0 Å². The second-order valence-electron chi connectivity index (χ2n) is 9.49. The van der Waals surface area contributed by atoms with Gasteiger partial charge < -0.3 is 19.5 Å². The van der Waals surface area contributed by atoms with Crippen molar-refractivity contribution in [3.63, 3.8) is 0 Å². The Bertz CT molecular complexity index is 1140. The maximum atomic E-state index is 13.4. The number of Topliss-reactive ketones (excluding diaryl/α,β-unsaturated/α-hetero) is 1. The van der Waals surface area contributed by atoms with Crippen molar-refractivity contribution in [2.45, 2.75) is 64.5 Å². The van der Waals surface area contributed by atoms with Gasteiger partial charge in [0.1, 0.15) is 17.3 Å². The third-order valence-electron chi connectivity index (χ3n) is 7.06. The molecule has 1 saturated heterocycles. The van der Waals surface area contributed by atoms with E-state index in [2.05, 4.69) is 0 Å². The van der Waals surface area contributed by atoms with Crippen molar-refractivity contribution in [2.24, 2.45) is 0 Å². The minimum absolute atomic E-state index is 0.0267. The smallest absolute Gasteiger partial charge is 0.295 e. The molecule has 0 bridgehead atoms. The van der Waals surface area contributed by atoms with E-state index in [0.717, 1.165) is 48.1 Å². The first-order chi connectivity index (χ1) is 16.3. The van der Waals surface area contributed by atoms with Gasteiger partial charge in [-0.3, -0.25) is 9.59 Å². The molecule has 1 aliphatic carbocycles. The summed E-state index contributed by atoms with van der Waals surface area (Å²) in [4.78, 5) is 28.4. The maximum Gasteiger partial charge on any atom is 0.295 e. The lowest BCUT2D eigenvalue weighted by molar-refractivity contribution is -0.141. The molecule has 2 aromatic rings. The molecule has 0 radical (unpaired) electrons. The number of ketones is 1. The van der Waals surface area contributed by atoms with Crippen LogP contribution in [0.5, 0.6) is 11.5 Å². The predicted octanol–water partition coefficient (Wildman–Crippen LogP) is 5.50. The van der Waals surface area contributed by atoms with Gasteiger partial charge in [0.15, 0.2) is 0 Å². The summed E-state index contributed by atoms with van der Waals surface area (Å²) in [7, 11) is 3.21. The molecule has 1 heterocycles. The number of methoxy groups -OCH3 is 2. The van der Waals surface area contributed by atoms with Crippen LogP contribution in [0.3, 0.4) is 0 Å². The van der Waals surface area contributed by atoms with E-state index in [4.69, 9.17) is 9.47 Å². The van der Waals surface area contributed by atoms with Crippen LogP contribution >= 0.6 is 0 Å². The van der Waals surface area contributed by atoms with E-state index in [1.807, 2.05) is 57.2 Å². The van der Waals surface area contributed by atoms with Crippen LogP contribution in [-0.2, 0) is 9.59 Å². The number of rotatable bonds is 6. The summed E-state index contributed by atoms with van der Waals surface area (Å²) >= 11 is 0. The molecule has 2 aliphatic rings. The summed E-state index contributed by atoms with van der Waals surface area (Å²) in [5.74, 6) is 0.193. The molecule has 6 heteroatoms. The molecule has 1 atom stereocenters. The van der Waals surface area contributed by atoms with E-state index in [1.165, 1.54) is 0 Å². The van der Waals surface area contributed by atoms with Gasteiger partial charge in [-0.25, -0.2) is 0 Å². The standard InChI is InChI=1S/C28H33NO5/c1-16(2)21-15-22(17(3)13-23(21)34-5)26(30)24-25(18-9-8-12-20(14-18)33-4)29(28(32)27(24)31)19-10-6-7-11-19/h8-9,12-16,19,25,30H,6-7,10-11H2,1-5H3/b26-24+. The zero-order chi connectivity index (χ0) is 24.6. The molecular formula is C28H33NO5. The second-order valence-corrected chi connectivity index (χ2v) is 9.49. The van der Waals surface area contributed by atoms with Crippen LogP contribution in [0.1, 0.15) is 73.7 Å². The van der Waals surface area contributed by atoms with Gasteiger partial charge in [-0.15, -0.1) is 0 Å². The van der Waals surface area contributed by atoms with Crippen LogP contribution in [0.15, 0.2) is 42.0 Å². The number of ether oxygens (including phenoxy) is 2. The SMILES string of the molecule is COc1cccc(C2/C(=C(\O)c3cc(C(C)C)c(OC)cc3C)C(=O)C(=O)N2C2CCCC2)c1. The number of nitrogens with zero attached hydrogens (tertiary/aromatic N) is 1. The summed E-state index contributed by atoms with van der Waals surface area (Å²) in [6.07, 6.45) is 3.75. The Morgan fingerprint density at radius 2 is 1.76 bits per heavy atom. The summed E-state index contributed by atoms with van der Waals surface area (Å²) in [6, 6.07) is 10.5. The molecule has 2 fully saturated rings. The molecule has 6 nitrogen and oxygen atoms in total. The van der Waals surface area contributed by atoms with Crippen molar-refractivity contribution < 1.29 is 24.2 Å². The number of aliphatic hydroxyl groups excluding tert-OH is 1. The Labute approximate surface area is 201 Å². The van der Waals surface area contributed by atoms with Crippen molar-refractivity contribution in [3.05, 3.63) is 64.2 Å². The van der Waals surface area contributed by atoms with Crippen molar-refractivity contribution in [1.82, 2.24) is 4.90 Å². The summed E-state index contributed by atoms with van der Waals surface area (Å²) in [5, 5.41) is 11.6. The third kappa shape index (κ3) is 4.06. The van der Waals surface area contributed by atoms with E-state index in [9.17, 15) is 14.7 Å². The van der Waals surface area contributed by atoms with Crippen molar-refractivity contribution in [1.29, 1.82) is 0 Å².